The van der Waals surface area contributed by atoms with Crippen LogP contribution in [0.4, 0.5) is 11.4 Å². The lowest BCUT2D eigenvalue weighted by Gasteiger charge is -2.00. The number of pyridine rings is 2. The first-order chi connectivity index (χ1) is 12.9. The van der Waals surface area contributed by atoms with Crippen LogP contribution in [0, 0.1) is 11.3 Å². The lowest BCUT2D eigenvalue weighted by Crippen LogP contribution is -2.05. The Labute approximate surface area is 173 Å². The van der Waals surface area contributed by atoms with Gasteiger partial charge in [0.2, 0.25) is 0 Å². The highest BCUT2D eigenvalue weighted by atomic mass is 79.9. The molecule has 0 bridgehead atoms. The summed E-state index contributed by atoms with van der Waals surface area (Å²) < 4.78 is 0.747. The number of nitrogens with one attached hydrogen (secondary N) is 2. The van der Waals surface area contributed by atoms with Gasteiger partial charge in [0.1, 0.15) is 6.07 Å². The molecular formula is C19H15BrClN5O2. The maximum atomic E-state index is 11.4. The molecule has 0 spiro atoms. The number of aromatic amines is 2. The summed E-state index contributed by atoms with van der Waals surface area (Å²) in [5.74, 6) is 0. The number of H-pyrrole nitrogens is 2. The van der Waals surface area contributed by atoms with E-state index < -0.39 is 0 Å². The number of benzene rings is 2. The number of aromatic nitrogens is 2. The molecule has 0 unspecified atom stereocenters. The molecule has 0 aliphatic heterocycles. The van der Waals surface area contributed by atoms with Gasteiger partial charge in [0.25, 0.3) is 11.1 Å². The first kappa shape index (κ1) is 21.0. The predicted octanol–water partition coefficient (Wildman–Crippen LogP) is 3.28. The fourth-order valence-electron chi connectivity index (χ4n) is 2.58. The van der Waals surface area contributed by atoms with Crippen molar-refractivity contribution in [1.82, 2.24) is 9.97 Å². The van der Waals surface area contributed by atoms with Gasteiger partial charge in [-0.15, -0.1) is 12.4 Å². The van der Waals surface area contributed by atoms with E-state index in [1.54, 1.807) is 36.7 Å². The largest absolute Gasteiger partial charge is 0.398 e. The van der Waals surface area contributed by atoms with Gasteiger partial charge >= 0.3 is 0 Å². The molecule has 0 aliphatic carbocycles. The molecule has 0 fully saturated rings. The van der Waals surface area contributed by atoms with Gasteiger partial charge in [-0.05, 0) is 63.1 Å². The molecule has 4 rings (SSSR count). The average molecular weight is 461 g/mol. The zero-order valence-electron chi connectivity index (χ0n) is 14.3. The summed E-state index contributed by atoms with van der Waals surface area (Å²) in [6.45, 7) is 0. The highest BCUT2D eigenvalue weighted by molar-refractivity contribution is 9.10. The number of nitrogens with zero attached hydrogens (tertiary/aromatic N) is 1. The molecule has 2 aromatic carbocycles. The second-order valence-electron chi connectivity index (χ2n) is 5.71. The standard InChI is InChI=1S/C10H7N3O.C9H7BrN2O.ClH/c11-5-7-3-8-6(4-9(7)12)1-2-13-10(8)14;10-7-4-6-5(3-8(7)11)1-2-12-9(6)13;/h1-4H,12H2,(H,13,14);1-4H,11H2,(H,12,13);1H. The number of rotatable bonds is 0. The first-order valence-corrected chi connectivity index (χ1v) is 8.57. The SMILES string of the molecule is Cl.N#Cc1cc2c(=O)[nH]ccc2cc1N.Nc1cc2cc[nH]c(=O)c2cc1Br. The minimum atomic E-state index is -0.209. The van der Waals surface area contributed by atoms with Crippen molar-refractivity contribution in [3.05, 3.63) is 79.5 Å². The van der Waals surface area contributed by atoms with Crippen LogP contribution in [0.3, 0.4) is 0 Å². The molecule has 6 N–H and O–H groups in total. The highest BCUT2D eigenvalue weighted by Crippen LogP contribution is 2.23. The van der Waals surface area contributed by atoms with Gasteiger partial charge in [-0.25, -0.2) is 0 Å². The van der Waals surface area contributed by atoms with Gasteiger partial charge in [-0.2, -0.15) is 5.26 Å². The number of nitriles is 1. The lowest BCUT2D eigenvalue weighted by molar-refractivity contribution is 1.28. The van der Waals surface area contributed by atoms with Gasteiger partial charge in [-0.3, -0.25) is 9.59 Å². The molecule has 7 nitrogen and oxygen atoms in total. The van der Waals surface area contributed by atoms with Crippen LogP contribution < -0.4 is 22.6 Å². The van der Waals surface area contributed by atoms with E-state index >= 15 is 0 Å². The third-order valence-corrected chi connectivity index (χ3v) is 4.64. The minimum absolute atomic E-state index is 0. The normalized spacial score (nSPS) is 9.86. The van der Waals surface area contributed by atoms with E-state index in [2.05, 4.69) is 25.9 Å². The molecule has 2 heterocycles. The summed E-state index contributed by atoms with van der Waals surface area (Å²) >= 11 is 3.27. The second kappa shape index (κ2) is 8.61. The zero-order chi connectivity index (χ0) is 19.6. The summed E-state index contributed by atoms with van der Waals surface area (Å²) in [6, 6.07) is 12.1. The van der Waals surface area contributed by atoms with Crippen LogP contribution in [0.15, 0.2) is 62.9 Å². The van der Waals surface area contributed by atoms with E-state index in [-0.39, 0.29) is 23.5 Å². The van der Waals surface area contributed by atoms with Gasteiger partial charge in [-0.1, -0.05) is 0 Å². The molecule has 0 atom stereocenters. The summed E-state index contributed by atoms with van der Waals surface area (Å²) in [6.07, 6.45) is 3.16. The Morgan fingerprint density at radius 2 is 1.36 bits per heavy atom. The maximum Gasteiger partial charge on any atom is 0.255 e. The number of hydrogen-bond acceptors (Lipinski definition) is 5. The summed E-state index contributed by atoms with van der Waals surface area (Å²) in [7, 11) is 0. The van der Waals surface area contributed by atoms with Crippen LogP contribution in [0.2, 0.25) is 0 Å². The van der Waals surface area contributed by atoms with Gasteiger partial charge in [0, 0.05) is 33.3 Å². The van der Waals surface area contributed by atoms with E-state index in [0.29, 0.717) is 27.7 Å². The van der Waals surface area contributed by atoms with E-state index in [0.717, 1.165) is 15.2 Å². The Morgan fingerprint density at radius 1 is 0.857 bits per heavy atom. The highest BCUT2D eigenvalue weighted by Gasteiger charge is 2.03. The molecule has 9 heteroatoms. The molecule has 2 aromatic heterocycles. The van der Waals surface area contributed by atoms with Gasteiger partial charge < -0.3 is 21.4 Å². The van der Waals surface area contributed by atoms with Crippen LogP contribution in [-0.4, -0.2) is 9.97 Å². The van der Waals surface area contributed by atoms with Crippen molar-refractivity contribution < 1.29 is 0 Å². The monoisotopic (exact) mass is 459 g/mol. The molecule has 0 saturated heterocycles. The molecule has 0 amide bonds. The van der Waals surface area contributed by atoms with Gasteiger partial charge in [0.15, 0.2) is 0 Å². The Hall–Kier alpha value is -3.28. The maximum absolute atomic E-state index is 11.4. The zero-order valence-corrected chi connectivity index (χ0v) is 16.7. The van der Waals surface area contributed by atoms with Crippen LogP contribution >= 0.6 is 28.3 Å². The summed E-state index contributed by atoms with van der Waals surface area (Å²) in [5, 5.41) is 11.4. The third-order valence-electron chi connectivity index (χ3n) is 3.95. The Balaban J connectivity index is 0.000000194. The molecule has 142 valence electrons. The van der Waals surface area contributed by atoms with Crippen LogP contribution in [0.5, 0.6) is 0 Å². The van der Waals surface area contributed by atoms with Crippen molar-refractivity contribution in [2.75, 3.05) is 11.5 Å². The summed E-state index contributed by atoms with van der Waals surface area (Å²) in [5.41, 5.74) is 12.3. The smallest absolute Gasteiger partial charge is 0.255 e. The fraction of sp³-hybridized carbons (Fsp3) is 0. The Bertz CT molecular complexity index is 1320. The Morgan fingerprint density at radius 3 is 1.89 bits per heavy atom. The predicted molar refractivity (Wildman–Crippen MR) is 118 cm³/mol. The molecule has 0 radical (unpaired) electrons. The Kier molecular flexibility index (Phi) is 6.46. The van der Waals surface area contributed by atoms with Crippen LogP contribution in [-0.2, 0) is 0 Å². The fourth-order valence-corrected chi connectivity index (χ4v) is 2.92. The molecule has 0 aliphatic rings. The van der Waals surface area contributed by atoms with Crippen molar-refractivity contribution >= 4 is 61.3 Å². The van der Waals surface area contributed by atoms with Crippen molar-refractivity contribution in [3.63, 3.8) is 0 Å². The first-order valence-electron chi connectivity index (χ1n) is 7.78. The number of nitrogens with two attached hydrogens (primary N) is 2. The number of anilines is 2. The average Bonchev–Trinajstić information content (AvgIpc) is 2.64. The van der Waals surface area contributed by atoms with Crippen LogP contribution in [0.1, 0.15) is 5.56 Å². The van der Waals surface area contributed by atoms with Crippen LogP contribution in [0.25, 0.3) is 21.5 Å². The number of halogens is 2. The second-order valence-corrected chi connectivity index (χ2v) is 6.57. The molecule has 28 heavy (non-hydrogen) atoms. The number of nitrogen functional groups attached to an aromatic ring is 2. The van der Waals surface area contributed by atoms with Crippen molar-refractivity contribution in [2.24, 2.45) is 0 Å². The lowest BCUT2D eigenvalue weighted by atomic mass is 10.1. The van der Waals surface area contributed by atoms with Gasteiger partial charge in [0.05, 0.1) is 11.3 Å². The van der Waals surface area contributed by atoms with E-state index in [1.165, 1.54) is 6.07 Å². The summed E-state index contributed by atoms with van der Waals surface area (Å²) in [4.78, 5) is 27.8. The quantitative estimate of drug-likeness (QED) is 0.298. The molecule has 4 aromatic rings. The third kappa shape index (κ3) is 4.17. The van der Waals surface area contributed by atoms with Crippen molar-refractivity contribution in [3.8, 4) is 6.07 Å². The molecular weight excluding hydrogens is 446 g/mol. The molecule has 0 saturated carbocycles. The number of fused-ring (bicyclic) bond motifs is 2. The minimum Gasteiger partial charge on any atom is -0.398 e. The van der Waals surface area contributed by atoms with E-state index in [1.807, 2.05) is 12.1 Å². The van der Waals surface area contributed by atoms with E-state index in [9.17, 15) is 9.59 Å². The van der Waals surface area contributed by atoms with E-state index in [4.69, 9.17) is 16.7 Å². The topological polar surface area (TPSA) is 142 Å². The number of hydrogen-bond donors (Lipinski definition) is 4. The van der Waals surface area contributed by atoms with Crippen molar-refractivity contribution in [1.29, 1.82) is 5.26 Å². The van der Waals surface area contributed by atoms with Crippen molar-refractivity contribution in [2.45, 2.75) is 0 Å².